The highest BCUT2D eigenvalue weighted by molar-refractivity contribution is 4.87. The molecule has 1 aliphatic rings. The number of aliphatic hydroxyl groups is 1. The first-order valence-electron chi connectivity index (χ1n) is 7.48. The molecule has 17 heavy (non-hydrogen) atoms. The molecule has 0 aromatic rings. The van der Waals surface area contributed by atoms with E-state index >= 15 is 0 Å². The van der Waals surface area contributed by atoms with Crippen molar-refractivity contribution in [2.75, 3.05) is 19.7 Å². The predicted octanol–water partition coefficient (Wildman–Crippen LogP) is 3.44. The van der Waals surface area contributed by atoms with Crippen LogP contribution in [0.3, 0.4) is 0 Å². The molecule has 1 aliphatic carbocycles. The maximum atomic E-state index is 9.69. The number of nitrogens with zero attached hydrogens (tertiary/aromatic N) is 1. The average molecular weight is 241 g/mol. The van der Waals surface area contributed by atoms with Crippen molar-refractivity contribution < 1.29 is 5.11 Å². The third-order valence-electron chi connectivity index (χ3n) is 4.32. The van der Waals surface area contributed by atoms with Gasteiger partial charge in [0.2, 0.25) is 0 Å². The van der Waals surface area contributed by atoms with Crippen LogP contribution in [0.25, 0.3) is 0 Å². The number of hydrogen-bond acceptors (Lipinski definition) is 2. The maximum Gasteiger partial charge on any atom is 0.0499 e. The van der Waals surface area contributed by atoms with Crippen LogP contribution in [-0.2, 0) is 0 Å². The van der Waals surface area contributed by atoms with Crippen molar-refractivity contribution in [3.05, 3.63) is 0 Å². The molecule has 0 radical (unpaired) electrons. The summed E-state index contributed by atoms with van der Waals surface area (Å²) in [6.07, 6.45) is 8.98. The Kier molecular flexibility index (Phi) is 6.50. The smallest absolute Gasteiger partial charge is 0.0499 e. The van der Waals surface area contributed by atoms with Gasteiger partial charge in [0.15, 0.2) is 0 Å². The van der Waals surface area contributed by atoms with Gasteiger partial charge in [0.25, 0.3) is 0 Å². The summed E-state index contributed by atoms with van der Waals surface area (Å²) in [4.78, 5) is 2.58. The molecule has 0 bridgehead atoms. The van der Waals surface area contributed by atoms with E-state index in [-0.39, 0.29) is 5.41 Å². The molecule has 0 saturated heterocycles. The summed E-state index contributed by atoms with van der Waals surface area (Å²) in [6, 6.07) is 0.607. The van der Waals surface area contributed by atoms with Gasteiger partial charge < -0.3 is 10.0 Å². The summed E-state index contributed by atoms with van der Waals surface area (Å²) in [6.45, 7) is 9.51. The molecule has 102 valence electrons. The van der Waals surface area contributed by atoms with Crippen molar-refractivity contribution in [1.82, 2.24) is 4.90 Å². The lowest BCUT2D eigenvalue weighted by molar-refractivity contribution is 0.0636. The second-order valence-corrected chi connectivity index (χ2v) is 6.14. The van der Waals surface area contributed by atoms with E-state index in [0.29, 0.717) is 12.6 Å². The standard InChI is InChI=1S/C15H31NO/c1-4-5-8-11-16(14(2)3)12-15(13-17)9-6-7-10-15/h14,17H,4-13H2,1-3H3. The van der Waals surface area contributed by atoms with E-state index in [9.17, 15) is 5.11 Å². The van der Waals surface area contributed by atoms with Crippen LogP contribution in [0.15, 0.2) is 0 Å². The van der Waals surface area contributed by atoms with Gasteiger partial charge in [-0.2, -0.15) is 0 Å². The van der Waals surface area contributed by atoms with E-state index in [2.05, 4.69) is 25.7 Å². The zero-order valence-electron chi connectivity index (χ0n) is 12.0. The highest BCUT2D eigenvalue weighted by Gasteiger charge is 2.35. The summed E-state index contributed by atoms with van der Waals surface area (Å²) < 4.78 is 0. The van der Waals surface area contributed by atoms with Crippen LogP contribution < -0.4 is 0 Å². The van der Waals surface area contributed by atoms with Crippen LogP contribution in [0.1, 0.15) is 65.7 Å². The van der Waals surface area contributed by atoms with Crippen molar-refractivity contribution in [2.45, 2.75) is 71.8 Å². The maximum absolute atomic E-state index is 9.69. The number of rotatable bonds is 8. The van der Waals surface area contributed by atoms with Gasteiger partial charge in [-0.25, -0.2) is 0 Å². The number of hydrogen-bond donors (Lipinski definition) is 1. The van der Waals surface area contributed by atoms with Crippen LogP contribution in [0.4, 0.5) is 0 Å². The van der Waals surface area contributed by atoms with E-state index < -0.39 is 0 Å². The SMILES string of the molecule is CCCCCN(CC1(CO)CCCC1)C(C)C. The minimum Gasteiger partial charge on any atom is -0.396 e. The lowest BCUT2D eigenvalue weighted by atomic mass is 9.86. The topological polar surface area (TPSA) is 23.5 Å². The Morgan fingerprint density at radius 1 is 1.18 bits per heavy atom. The first kappa shape index (κ1) is 15.0. The minimum absolute atomic E-state index is 0.219. The molecule has 0 unspecified atom stereocenters. The first-order chi connectivity index (χ1) is 8.13. The van der Waals surface area contributed by atoms with Gasteiger partial charge in [-0.3, -0.25) is 0 Å². The van der Waals surface area contributed by atoms with E-state index in [1.54, 1.807) is 0 Å². The monoisotopic (exact) mass is 241 g/mol. The molecule has 1 N–H and O–H groups in total. The number of aliphatic hydroxyl groups excluding tert-OH is 1. The van der Waals surface area contributed by atoms with Crippen molar-refractivity contribution in [3.8, 4) is 0 Å². The molecular weight excluding hydrogens is 210 g/mol. The lowest BCUT2D eigenvalue weighted by Gasteiger charge is -2.36. The Bertz CT molecular complexity index is 197. The quantitative estimate of drug-likeness (QED) is 0.658. The van der Waals surface area contributed by atoms with Gasteiger partial charge in [-0.1, -0.05) is 32.6 Å². The predicted molar refractivity (Wildman–Crippen MR) is 74.2 cm³/mol. The fourth-order valence-corrected chi connectivity index (χ4v) is 3.01. The zero-order valence-corrected chi connectivity index (χ0v) is 12.0. The highest BCUT2D eigenvalue weighted by atomic mass is 16.3. The normalized spacial score (nSPS) is 19.4. The van der Waals surface area contributed by atoms with Gasteiger partial charge in [-0.05, 0) is 39.7 Å². The lowest BCUT2D eigenvalue weighted by Crippen LogP contribution is -2.42. The molecular formula is C15H31NO. The van der Waals surface area contributed by atoms with Crippen molar-refractivity contribution in [3.63, 3.8) is 0 Å². The average Bonchev–Trinajstić information content (AvgIpc) is 2.77. The zero-order chi connectivity index (χ0) is 12.7. The Labute approximate surface area is 107 Å². The summed E-state index contributed by atoms with van der Waals surface area (Å²) >= 11 is 0. The van der Waals surface area contributed by atoms with Gasteiger partial charge >= 0.3 is 0 Å². The van der Waals surface area contributed by atoms with Crippen LogP contribution >= 0.6 is 0 Å². The summed E-state index contributed by atoms with van der Waals surface area (Å²) in [5, 5.41) is 9.69. The van der Waals surface area contributed by atoms with E-state index in [4.69, 9.17) is 0 Å². The molecule has 0 aliphatic heterocycles. The van der Waals surface area contributed by atoms with Crippen LogP contribution in [0.5, 0.6) is 0 Å². The molecule has 1 rings (SSSR count). The molecule has 1 saturated carbocycles. The molecule has 2 nitrogen and oxygen atoms in total. The third-order valence-corrected chi connectivity index (χ3v) is 4.32. The van der Waals surface area contributed by atoms with Crippen molar-refractivity contribution >= 4 is 0 Å². The fourth-order valence-electron chi connectivity index (χ4n) is 3.01. The van der Waals surface area contributed by atoms with Crippen molar-refractivity contribution in [1.29, 1.82) is 0 Å². The molecule has 0 heterocycles. The van der Waals surface area contributed by atoms with E-state index in [0.717, 1.165) is 6.54 Å². The molecule has 0 atom stereocenters. The largest absolute Gasteiger partial charge is 0.396 e. The molecule has 0 aromatic carbocycles. The molecule has 1 fully saturated rings. The molecule has 0 spiro atoms. The van der Waals surface area contributed by atoms with Gasteiger partial charge in [0.1, 0.15) is 0 Å². The molecule has 2 heteroatoms. The Morgan fingerprint density at radius 3 is 2.29 bits per heavy atom. The summed E-state index contributed by atoms with van der Waals surface area (Å²) in [5.41, 5.74) is 0.219. The highest BCUT2D eigenvalue weighted by Crippen LogP contribution is 2.38. The third kappa shape index (κ3) is 4.59. The van der Waals surface area contributed by atoms with Crippen molar-refractivity contribution in [2.24, 2.45) is 5.41 Å². The van der Waals surface area contributed by atoms with E-state index in [1.165, 1.54) is 51.5 Å². The summed E-state index contributed by atoms with van der Waals surface area (Å²) in [7, 11) is 0. The first-order valence-corrected chi connectivity index (χ1v) is 7.48. The minimum atomic E-state index is 0.219. The van der Waals surface area contributed by atoms with Crippen LogP contribution in [-0.4, -0.2) is 35.7 Å². The second kappa shape index (κ2) is 7.38. The van der Waals surface area contributed by atoms with Crippen LogP contribution in [0.2, 0.25) is 0 Å². The van der Waals surface area contributed by atoms with E-state index in [1.807, 2.05) is 0 Å². The second-order valence-electron chi connectivity index (χ2n) is 6.14. The molecule has 0 amide bonds. The summed E-state index contributed by atoms with van der Waals surface area (Å²) in [5.74, 6) is 0. The molecule has 0 aromatic heterocycles. The Hall–Kier alpha value is -0.0800. The van der Waals surface area contributed by atoms with Gasteiger partial charge in [0.05, 0.1) is 0 Å². The van der Waals surface area contributed by atoms with Crippen LogP contribution in [0, 0.1) is 5.41 Å². The van der Waals surface area contributed by atoms with Gasteiger partial charge in [-0.15, -0.1) is 0 Å². The van der Waals surface area contributed by atoms with Gasteiger partial charge in [0, 0.05) is 24.6 Å². The fraction of sp³-hybridized carbons (Fsp3) is 1.00. The number of unbranched alkanes of at least 4 members (excludes halogenated alkanes) is 2. The Morgan fingerprint density at radius 2 is 1.82 bits per heavy atom. The Balaban J connectivity index is 2.46.